The van der Waals surface area contributed by atoms with Gasteiger partial charge in [-0.1, -0.05) is 63.1 Å². The summed E-state index contributed by atoms with van der Waals surface area (Å²) < 4.78 is 6.03. The molecule has 0 saturated heterocycles. The fraction of sp³-hybridized carbons (Fsp3) is 0.484. The van der Waals surface area contributed by atoms with Gasteiger partial charge in [-0.15, -0.1) is 0 Å². The number of amides is 3. The number of carbonyl (C=O) groups is 3. The first-order valence-corrected chi connectivity index (χ1v) is 14.3. The fourth-order valence-electron chi connectivity index (χ4n) is 5.31. The number of nitrogens with one attached hydrogen (secondary N) is 4. The molecule has 3 amide bonds. The number of fused-ring (bicyclic) bond motifs is 1. The maximum Gasteiger partial charge on any atom is 0.246 e. The Morgan fingerprint density at radius 1 is 1.00 bits per heavy atom. The van der Waals surface area contributed by atoms with Crippen LogP contribution in [-0.4, -0.2) is 60.0 Å². The topological polar surface area (TPSA) is 121 Å². The first-order valence-electron chi connectivity index (χ1n) is 14.3. The predicted molar refractivity (Wildman–Crippen MR) is 154 cm³/mol. The second kappa shape index (κ2) is 14.1. The highest BCUT2D eigenvalue weighted by Crippen LogP contribution is 2.30. The zero-order valence-corrected chi connectivity index (χ0v) is 23.4. The van der Waals surface area contributed by atoms with Crippen molar-refractivity contribution >= 4 is 23.8 Å². The van der Waals surface area contributed by atoms with Gasteiger partial charge in [0.1, 0.15) is 23.9 Å². The molecule has 1 spiro atoms. The Morgan fingerprint density at radius 3 is 2.52 bits per heavy atom. The number of para-hydroxylation sites is 1. The van der Waals surface area contributed by atoms with Gasteiger partial charge in [0.2, 0.25) is 17.7 Å². The highest BCUT2D eigenvalue weighted by atomic mass is 16.5. The minimum atomic E-state index is -1.06. The van der Waals surface area contributed by atoms with Gasteiger partial charge in [-0.3, -0.25) is 19.4 Å². The molecule has 1 saturated carbocycles. The largest absolute Gasteiger partial charge is 0.492 e. The first-order chi connectivity index (χ1) is 19.4. The summed E-state index contributed by atoms with van der Waals surface area (Å²) >= 11 is 0. The third-order valence-electron chi connectivity index (χ3n) is 7.40. The summed E-state index contributed by atoms with van der Waals surface area (Å²) in [6, 6.07) is 11.9. The van der Waals surface area contributed by atoms with Gasteiger partial charge in [0.05, 0.1) is 6.04 Å². The van der Waals surface area contributed by atoms with Crippen molar-refractivity contribution in [1.82, 2.24) is 26.3 Å². The molecule has 4 rings (SSSR count). The molecule has 4 N–H and O–H groups in total. The third-order valence-corrected chi connectivity index (χ3v) is 7.40. The Morgan fingerprint density at radius 2 is 1.77 bits per heavy atom. The Kier molecular flexibility index (Phi) is 10.3. The molecule has 1 aromatic carbocycles. The van der Waals surface area contributed by atoms with Crippen LogP contribution in [0.15, 0.2) is 54.7 Å². The van der Waals surface area contributed by atoms with Gasteiger partial charge in [0.15, 0.2) is 0 Å². The maximum absolute atomic E-state index is 13.8. The monoisotopic (exact) mass is 547 g/mol. The minimum absolute atomic E-state index is 0.207. The molecule has 2 aliphatic rings. The molecule has 2 aromatic rings. The van der Waals surface area contributed by atoms with Crippen molar-refractivity contribution < 1.29 is 19.1 Å². The van der Waals surface area contributed by atoms with Crippen molar-refractivity contribution in [2.75, 3.05) is 19.7 Å². The lowest BCUT2D eigenvalue weighted by Crippen LogP contribution is -2.63. The number of pyridine rings is 1. The molecule has 1 aliphatic heterocycles. The molecular weight excluding hydrogens is 506 g/mol. The van der Waals surface area contributed by atoms with E-state index in [4.69, 9.17) is 4.74 Å². The van der Waals surface area contributed by atoms with E-state index in [1.807, 2.05) is 54.6 Å². The lowest BCUT2D eigenvalue weighted by molar-refractivity contribution is -0.136. The van der Waals surface area contributed by atoms with Crippen LogP contribution in [0.5, 0.6) is 5.75 Å². The summed E-state index contributed by atoms with van der Waals surface area (Å²) in [5, 5.41) is 12.3. The van der Waals surface area contributed by atoms with Gasteiger partial charge >= 0.3 is 0 Å². The number of nitrogens with zero attached hydrogens (tertiary/aromatic N) is 1. The van der Waals surface area contributed by atoms with E-state index in [0.717, 1.165) is 24.2 Å². The van der Waals surface area contributed by atoms with Gasteiger partial charge < -0.3 is 26.0 Å². The van der Waals surface area contributed by atoms with E-state index in [-0.39, 0.29) is 36.6 Å². The molecular formula is C31H41N5O4. The Bertz CT molecular complexity index is 1180. The number of aromatic nitrogens is 1. The molecule has 0 radical (unpaired) electrons. The maximum atomic E-state index is 13.8. The highest BCUT2D eigenvalue weighted by molar-refractivity contribution is 5.96. The third kappa shape index (κ3) is 7.91. The van der Waals surface area contributed by atoms with Crippen LogP contribution < -0.4 is 26.0 Å². The van der Waals surface area contributed by atoms with E-state index in [2.05, 4.69) is 40.1 Å². The van der Waals surface area contributed by atoms with Crippen LogP contribution in [-0.2, 0) is 20.8 Å². The molecule has 9 nitrogen and oxygen atoms in total. The van der Waals surface area contributed by atoms with Gasteiger partial charge in [-0.05, 0) is 43.4 Å². The van der Waals surface area contributed by atoms with Crippen molar-refractivity contribution in [2.45, 2.75) is 70.0 Å². The predicted octanol–water partition coefficient (Wildman–Crippen LogP) is 2.76. The molecule has 0 unspecified atom stereocenters. The molecule has 2 heterocycles. The van der Waals surface area contributed by atoms with Crippen LogP contribution in [0.1, 0.15) is 57.2 Å². The average molecular weight is 548 g/mol. The molecule has 1 aliphatic carbocycles. The van der Waals surface area contributed by atoms with E-state index in [1.54, 1.807) is 6.20 Å². The zero-order chi connectivity index (χ0) is 28.4. The van der Waals surface area contributed by atoms with E-state index < -0.39 is 17.6 Å². The molecule has 2 atom stereocenters. The van der Waals surface area contributed by atoms with E-state index >= 15 is 0 Å². The summed E-state index contributed by atoms with van der Waals surface area (Å²) in [7, 11) is 0. The molecule has 214 valence electrons. The lowest BCUT2D eigenvalue weighted by Gasteiger charge is -2.33. The molecule has 1 fully saturated rings. The van der Waals surface area contributed by atoms with Crippen molar-refractivity contribution in [3.8, 4) is 5.75 Å². The number of hydrogen-bond acceptors (Lipinski definition) is 6. The van der Waals surface area contributed by atoms with Crippen molar-refractivity contribution in [1.29, 1.82) is 0 Å². The van der Waals surface area contributed by atoms with Crippen LogP contribution in [0, 0.1) is 5.92 Å². The van der Waals surface area contributed by atoms with Crippen LogP contribution in [0.25, 0.3) is 6.08 Å². The number of hydrogen-bond donors (Lipinski definition) is 4. The van der Waals surface area contributed by atoms with Crippen LogP contribution >= 0.6 is 0 Å². The fourth-order valence-corrected chi connectivity index (χ4v) is 5.31. The summed E-state index contributed by atoms with van der Waals surface area (Å²) in [6.45, 7) is 5.27. The summed E-state index contributed by atoms with van der Waals surface area (Å²) in [5.41, 5.74) is 0.519. The molecule has 9 heteroatoms. The van der Waals surface area contributed by atoms with Crippen LogP contribution in [0.4, 0.5) is 0 Å². The Balaban J connectivity index is 1.62. The standard InChI is InChI=1S/C31H41N5O4/c1-22(2)20-25-29(38)36-31(14-6-7-15-31)30(39)35-26(21-24-12-5-8-16-32-24)28(37)34-17-9-11-23-10-3-4-13-27(23)40-19-18-33-25/h3-5,8-13,16,22,25-26,33H,6-7,14-15,17-21H2,1-2H3,(H,34,37)(H,35,39)(H,36,38)/b11-9-/t25-,26-/m0/s1. The first kappa shape index (κ1) is 29.3. The van der Waals surface area contributed by atoms with Gasteiger partial charge in [-0.25, -0.2) is 0 Å². The van der Waals surface area contributed by atoms with Crippen molar-refractivity contribution in [2.24, 2.45) is 5.92 Å². The van der Waals surface area contributed by atoms with Crippen molar-refractivity contribution in [3.05, 3.63) is 66.0 Å². The number of benzene rings is 1. The number of ether oxygens (including phenoxy) is 1. The van der Waals surface area contributed by atoms with Gasteiger partial charge in [0, 0.05) is 37.0 Å². The number of carbonyl (C=O) groups excluding carboxylic acids is 3. The molecule has 1 aromatic heterocycles. The summed E-state index contributed by atoms with van der Waals surface area (Å²) in [5.74, 6) is 0.149. The quantitative estimate of drug-likeness (QED) is 0.467. The summed E-state index contributed by atoms with van der Waals surface area (Å²) in [6.07, 6.45) is 8.99. The molecule has 0 bridgehead atoms. The van der Waals surface area contributed by atoms with Gasteiger partial charge in [0.25, 0.3) is 0 Å². The minimum Gasteiger partial charge on any atom is -0.492 e. The lowest BCUT2D eigenvalue weighted by atomic mass is 9.93. The van der Waals surface area contributed by atoms with E-state index in [9.17, 15) is 14.4 Å². The average Bonchev–Trinajstić information content (AvgIpc) is 3.42. The smallest absolute Gasteiger partial charge is 0.246 e. The summed E-state index contributed by atoms with van der Waals surface area (Å²) in [4.78, 5) is 45.1. The van der Waals surface area contributed by atoms with Crippen LogP contribution in [0.2, 0.25) is 0 Å². The normalized spacial score (nSPS) is 23.2. The second-order valence-corrected chi connectivity index (χ2v) is 11.0. The van der Waals surface area contributed by atoms with Gasteiger partial charge in [-0.2, -0.15) is 0 Å². The second-order valence-electron chi connectivity index (χ2n) is 11.0. The highest BCUT2D eigenvalue weighted by Gasteiger charge is 2.44. The SMILES string of the molecule is CC(C)C[C@@H]1NCCOc2ccccc2/C=C\CNC(=O)[C@H](Cc2ccccn2)NC(=O)C2(CCCC2)NC1=O. The zero-order valence-electron chi connectivity index (χ0n) is 23.4. The Labute approximate surface area is 236 Å². The van der Waals surface area contributed by atoms with E-state index in [1.165, 1.54) is 0 Å². The molecule has 40 heavy (non-hydrogen) atoms. The number of rotatable bonds is 4. The Hall–Kier alpha value is -3.72. The van der Waals surface area contributed by atoms with E-state index in [0.29, 0.717) is 38.1 Å². The van der Waals surface area contributed by atoms with Crippen LogP contribution in [0.3, 0.4) is 0 Å². The van der Waals surface area contributed by atoms with Crippen molar-refractivity contribution in [3.63, 3.8) is 0 Å².